The largest absolute Gasteiger partial charge is 0.309 e. The van der Waals surface area contributed by atoms with Crippen LogP contribution in [-0.2, 0) is 16.4 Å². The standard InChI is InChI=1S/C14H20FNO2S/c1-19(17,18)14-5-3-2-4-13(14)16-10-11-6-8-12(15)9-7-11/h6-9,13-14,16H,2-5,10H2,1H3. The van der Waals surface area contributed by atoms with Crippen LogP contribution in [0.4, 0.5) is 4.39 Å². The molecule has 1 aliphatic carbocycles. The van der Waals surface area contributed by atoms with Crippen LogP contribution >= 0.6 is 0 Å². The lowest BCUT2D eigenvalue weighted by Gasteiger charge is -2.31. The molecule has 106 valence electrons. The fourth-order valence-corrected chi connectivity index (χ4v) is 4.12. The Morgan fingerprint density at radius 1 is 1.21 bits per heavy atom. The predicted octanol–water partition coefficient (Wildman–Crippen LogP) is 2.27. The zero-order valence-corrected chi connectivity index (χ0v) is 11.9. The Labute approximate surface area is 114 Å². The molecule has 0 aromatic heterocycles. The van der Waals surface area contributed by atoms with Crippen LogP contribution in [0.3, 0.4) is 0 Å². The van der Waals surface area contributed by atoms with Gasteiger partial charge in [-0.3, -0.25) is 0 Å². The smallest absolute Gasteiger partial charge is 0.151 e. The van der Waals surface area contributed by atoms with E-state index in [0.29, 0.717) is 6.54 Å². The van der Waals surface area contributed by atoms with E-state index < -0.39 is 9.84 Å². The van der Waals surface area contributed by atoms with Gasteiger partial charge in [-0.05, 0) is 30.5 Å². The van der Waals surface area contributed by atoms with E-state index in [2.05, 4.69) is 5.32 Å². The second kappa shape index (κ2) is 6.01. The monoisotopic (exact) mass is 285 g/mol. The Bertz CT molecular complexity index is 513. The number of rotatable bonds is 4. The highest BCUT2D eigenvalue weighted by Gasteiger charge is 2.32. The number of hydrogen-bond acceptors (Lipinski definition) is 3. The zero-order chi connectivity index (χ0) is 13.9. The Morgan fingerprint density at radius 2 is 1.84 bits per heavy atom. The molecule has 0 bridgehead atoms. The summed E-state index contributed by atoms with van der Waals surface area (Å²) in [5.41, 5.74) is 0.972. The predicted molar refractivity (Wildman–Crippen MR) is 74.1 cm³/mol. The normalized spacial score (nSPS) is 24.3. The second-order valence-corrected chi connectivity index (χ2v) is 7.53. The summed E-state index contributed by atoms with van der Waals surface area (Å²) in [6.45, 7) is 0.580. The minimum atomic E-state index is -3.01. The lowest BCUT2D eigenvalue weighted by atomic mass is 9.94. The maximum absolute atomic E-state index is 12.8. The molecule has 3 nitrogen and oxygen atoms in total. The third kappa shape index (κ3) is 4.01. The van der Waals surface area contributed by atoms with Crippen molar-refractivity contribution in [1.29, 1.82) is 0 Å². The highest BCUT2D eigenvalue weighted by molar-refractivity contribution is 7.91. The van der Waals surface area contributed by atoms with E-state index in [1.54, 1.807) is 12.1 Å². The van der Waals surface area contributed by atoms with Gasteiger partial charge in [0.25, 0.3) is 0 Å². The molecule has 0 spiro atoms. The maximum atomic E-state index is 12.8. The van der Waals surface area contributed by atoms with E-state index in [0.717, 1.165) is 31.2 Å². The molecule has 1 aromatic rings. The van der Waals surface area contributed by atoms with E-state index >= 15 is 0 Å². The molecule has 1 aliphatic rings. The zero-order valence-electron chi connectivity index (χ0n) is 11.1. The van der Waals surface area contributed by atoms with Gasteiger partial charge in [0.05, 0.1) is 5.25 Å². The van der Waals surface area contributed by atoms with Crippen molar-refractivity contribution in [3.63, 3.8) is 0 Å². The van der Waals surface area contributed by atoms with Crippen LogP contribution in [0.5, 0.6) is 0 Å². The van der Waals surface area contributed by atoms with Gasteiger partial charge in [0.2, 0.25) is 0 Å². The summed E-state index contributed by atoms with van der Waals surface area (Å²) < 4.78 is 36.3. The molecule has 2 rings (SSSR count). The molecule has 1 aromatic carbocycles. The molecule has 0 amide bonds. The highest BCUT2D eigenvalue weighted by Crippen LogP contribution is 2.24. The summed E-state index contributed by atoms with van der Waals surface area (Å²) >= 11 is 0. The first-order chi connectivity index (χ1) is 8.97. The Balaban J connectivity index is 1.98. The average molecular weight is 285 g/mol. The van der Waals surface area contributed by atoms with Gasteiger partial charge in [0.15, 0.2) is 9.84 Å². The number of hydrogen-bond donors (Lipinski definition) is 1. The molecule has 2 atom stereocenters. The van der Waals surface area contributed by atoms with Gasteiger partial charge in [0.1, 0.15) is 5.82 Å². The van der Waals surface area contributed by atoms with Crippen LogP contribution in [0.25, 0.3) is 0 Å². The van der Waals surface area contributed by atoms with E-state index in [1.807, 2.05) is 0 Å². The number of benzene rings is 1. The summed E-state index contributed by atoms with van der Waals surface area (Å²) in [6, 6.07) is 6.30. The highest BCUT2D eigenvalue weighted by atomic mass is 32.2. The van der Waals surface area contributed by atoms with Gasteiger partial charge in [0, 0.05) is 18.8 Å². The minimum absolute atomic E-state index is 0.00815. The third-order valence-corrected chi connectivity index (χ3v) is 5.40. The van der Waals surface area contributed by atoms with E-state index in [1.165, 1.54) is 18.4 Å². The molecule has 0 radical (unpaired) electrons. The third-order valence-electron chi connectivity index (χ3n) is 3.73. The van der Waals surface area contributed by atoms with Gasteiger partial charge in [-0.15, -0.1) is 0 Å². The topological polar surface area (TPSA) is 46.2 Å². The lowest BCUT2D eigenvalue weighted by Crippen LogP contribution is -2.45. The maximum Gasteiger partial charge on any atom is 0.151 e. The Hall–Kier alpha value is -0.940. The van der Waals surface area contributed by atoms with Crippen molar-refractivity contribution in [1.82, 2.24) is 5.32 Å². The molecule has 1 fully saturated rings. The molecule has 1 N–H and O–H groups in total. The SMILES string of the molecule is CS(=O)(=O)C1CCCCC1NCc1ccc(F)cc1. The summed E-state index contributed by atoms with van der Waals surface area (Å²) in [5.74, 6) is -0.254. The van der Waals surface area contributed by atoms with Crippen molar-refractivity contribution in [2.24, 2.45) is 0 Å². The Kier molecular flexibility index (Phi) is 4.58. The van der Waals surface area contributed by atoms with Crippen LogP contribution in [0.1, 0.15) is 31.2 Å². The molecule has 0 saturated heterocycles. The van der Waals surface area contributed by atoms with Crippen molar-refractivity contribution >= 4 is 9.84 Å². The van der Waals surface area contributed by atoms with Crippen molar-refractivity contribution in [3.8, 4) is 0 Å². The number of halogens is 1. The first kappa shape index (κ1) is 14.5. The Morgan fingerprint density at radius 3 is 2.47 bits per heavy atom. The van der Waals surface area contributed by atoms with Gasteiger partial charge < -0.3 is 5.32 Å². The molecule has 0 heterocycles. The first-order valence-electron chi connectivity index (χ1n) is 6.63. The average Bonchev–Trinajstić information content (AvgIpc) is 2.37. The quantitative estimate of drug-likeness (QED) is 0.923. The molecule has 2 unspecified atom stereocenters. The van der Waals surface area contributed by atoms with Crippen molar-refractivity contribution < 1.29 is 12.8 Å². The van der Waals surface area contributed by atoms with E-state index in [-0.39, 0.29) is 17.1 Å². The van der Waals surface area contributed by atoms with Gasteiger partial charge in [-0.25, -0.2) is 12.8 Å². The summed E-state index contributed by atoms with van der Waals surface area (Å²) in [7, 11) is -3.01. The first-order valence-corrected chi connectivity index (χ1v) is 8.59. The van der Waals surface area contributed by atoms with Crippen molar-refractivity contribution in [2.75, 3.05) is 6.26 Å². The van der Waals surface area contributed by atoms with Gasteiger partial charge >= 0.3 is 0 Å². The molecule has 1 saturated carbocycles. The number of nitrogens with one attached hydrogen (secondary N) is 1. The molecule has 5 heteroatoms. The second-order valence-electron chi connectivity index (χ2n) is 5.27. The van der Waals surface area contributed by atoms with Crippen LogP contribution in [0.2, 0.25) is 0 Å². The van der Waals surface area contributed by atoms with Crippen molar-refractivity contribution in [2.45, 2.75) is 43.5 Å². The van der Waals surface area contributed by atoms with E-state index in [9.17, 15) is 12.8 Å². The van der Waals surface area contributed by atoms with Crippen LogP contribution < -0.4 is 5.32 Å². The molecular formula is C14H20FNO2S. The van der Waals surface area contributed by atoms with E-state index in [4.69, 9.17) is 0 Å². The molecule has 19 heavy (non-hydrogen) atoms. The molecular weight excluding hydrogens is 265 g/mol. The van der Waals surface area contributed by atoms with Crippen LogP contribution in [0.15, 0.2) is 24.3 Å². The van der Waals surface area contributed by atoms with Crippen molar-refractivity contribution in [3.05, 3.63) is 35.6 Å². The lowest BCUT2D eigenvalue weighted by molar-refractivity contribution is 0.370. The van der Waals surface area contributed by atoms with Gasteiger partial charge in [-0.2, -0.15) is 0 Å². The van der Waals surface area contributed by atoms with Crippen LogP contribution in [-0.4, -0.2) is 26.0 Å². The fourth-order valence-electron chi connectivity index (χ4n) is 2.69. The summed E-state index contributed by atoms with van der Waals surface area (Å²) in [6.07, 6.45) is 4.98. The van der Waals surface area contributed by atoms with Gasteiger partial charge in [-0.1, -0.05) is 25.0 Å². The fraction of sp³-hybridized carbons (Fsp3) is 0.571. The summed E-state index contributed by atoms with van der Waals surface area (Å²) in [4.78, 5) is 0. The van der Waals surface area contributed by atoms with Crippen LogP contribution in [0, 0.1) is 5.82 Å². The minimum Gasteiger partial charge on any atom is -0.309 e. The number of sulfone groups is 1. The molecule has 0 aliphatic heterocycles. The summed E-state index contributed by atoms with van der Waals surface area (Å²) in [5, 5.41) is 3.02.